The van der Waals surface area contributed by atoms with Gasteiger partial charge in [0.2, 0.25) is 0 Å². The van der Waals surface area contributed by atoms with E-state index in [4.69, 9.17) is 19.2 Å². The molecule has 0 fully saturated rings. The predicted octanol–water partition coefficient (Wildman–Crippen LogP) is 8.46. The van der Waals surface area contributed by atoms with Crippen LogP contribution < -0.4 is 0 Å². The molecule has 160 valence electrons. The highest BCUT2D eigenvalue weighted by Gasteiger charge is 2.19. The molecule has 0 unspecified atom stereocenters. The molecule has 2 heteroatoms. The molecule has 7 aromatic rings. The largest absolute Gasteiger partial charge is 0.295 e. The van der Waals surface area contributed by atoms with Crippen molar-refractivity contribution in [1.82, 2.24) is 9.55 Å². The van der Waals surface area contributed by atoms with Crippen molar-refractivity contribution in [3.63, 3.8) is 0 Å². The topological polar surface area (TPSA) is 17.8 Å². The number of aromatic nitrogens is 2. The Hall–Kier alpha value is -4.43. The zero-order valence-electron chi connectivity index (χ0n) is 32.7. The number of hydrogen-bond donors (Lipinski definition) is 0. The monoisotopic (exact) mass is 449 g/mol. The Morgan fingerprint density at radius 1 is 0.676 bits per heavy atom. The van der Waals surface area contributed by atoms with E-state index in [2.05, 4.69) is 4.98 Å². The summed E-state index contributed by atoms with van der Waals surface area (Å²) in [6.45, 7) is 1.63. The van der Waals surface area contributed by atoms with Gasteiger partial charge in [-0.25, -0.2) is 4.98 Å². The molecule has 2 nitrogen and oxygen atoms in total. The maximum absolute atomic E-state index is 9.29. The summed E-state index contributed by atoms with van der Waals surface area (Å²) < 4.78 is 133. The Balaban J connectivity index is 1.91. The van der Waals surface area contributed by atoms with Crippen LogP contribution in [0.15, 0.2) is 115 Å². The summed E-state index contributed by atoms with van der Waals surface area (Å²) in [6, 6.07) is -3.11. The van der Waals surface area contributed by atoms with Gasteiger partial charge in [-0.05, 0) is 57.8 Å². The first-order valence-corrected chi connectivity index (χ1v) is 10.4. The van der Waals surface area contributed by atoms with Crippen LogP contribution in [0.3, 0.4) is 0 Å². The Morgan fingerprint density at radius 3 is 2.03 bits per heavy atom. The maximum atomic E-state index is 9.29. The van der Waals surface area contributed by atoms with Gasteiger partial charge < -0.3 is 0 Å². The molecule has 0 saturated heterocycles. The van der Waals surface area contributed by atoms with Gasteiger partial charge in [0.15, 0.2) is 0 Å². The van der Waals surface area contributed by atoms with E-state index in [9.17, 15) is 1.37 Å². The molecular weight excluding hydrogens is 412 g/mol. The molecule has 6 aromatic carbocycles. The fourth-order valence-corrected chi connectivity index (χ4v) is 4.41. The average Bonchev–Trinajstić information content (AvgIpc) is 3.41. The van der Waals surface area contributed by atoms with Crippen LogP contribution in [-0.4, -0.2) is 9.55 Å². The zero-order valence-corrected chi connectivity index (χ0v) is 17.7. The minimum atomic E-state index is -0.734. The lowest BCUT2D eigenvalue weighted by molar-refractivity contribution is 1.02. The third-order valence-corrected chi connectivity index (χ3v) is 5.80. The fraction of sp³-hybridized carbons (Fsp3) is 0.0312. The molecule has 0 saturated carbocycles. The predicted molar refractivity (Wildman–Crippen MR) is 144 cm³/mol. The van der Waals surface area contributed by atoms with Crippen molar-refractivity contribution in [2.45, 2.75) is 6.92 Å². The summed E-state index contributed by atoms with van der Waals surface area (Å²) in [5.41, 5.74) is 0.0638. The van der Waals surface area contributed by atoms with E-state index in [-0.39, 0.29) is 32.8 Å². The number of aryl methyl sites for hydroxylation is 1. The summed E-state index contributed by atoms with van der Waals surface area (Å²) in [4.78, 5) is 4.60. The van der Waals surface area contributed by atoms with Crippen molar-refractivity contribution < 1.29 is 20.6 Å². The minimum absolute atomic E-state index is 0.0363. The molecular formula is C32H22N2. The van der Waals surface area contributed by atoms with Gasteiger partial charge in [0.05, 0.1) is 37.3 Å². The van der Waals surface area contributed by atoms with Crippen LogP contribution in [0.25, 0.3) is 60.2 Å². The number of fused-ring (bicyclic) bond motifs is 4. The molecule has 0 aliphatic carbocycles. The molecule has 1 aromatic heterocycles. The summed E-state index contributed by atoms with van der Waals surface area (Å²) in [5.74, 6) is 0.328. The molecule has 0 aliphatic heterocycles. The van der Waals surface area contributed by atoms with Gasteiger partial charge in [-0.2, -0.15) is 0 Å². The molecule has 34 heavy (non-hydrogen) atoms. The van der Waals surface area contributed by atoms with Crippen molar-refractivity contribution in [3.8, 4) is 16.8 Å². The van der Waals surface area contributed by atoms with Crippen molar-refractivity contribution in [1.29, 1.82) is 0 Å². The smallest absolute Gasteiger partial charge is 0.111 e. The van der Waals surface area contributed by atoms with Gasteiger partial charge >= 0.3 is 0 Å². The Bertz CT molecular complexity index is 2600. The zero-order chi connectivity index (χ0) is 35.7. The van der Waals surface area contributed by atoms with Crippen molar-refractivity contribution in [2.24, 2.45) is 0 Å². The van der Waals surface area contributed by atoms with Gasteiger partial charge in [-0.1, -0.05) is 96.7 Å². The van der Waals surface area contributed by atoms with Crippen LogP contribution in [0.4, 0.5) is 0 Å². The Labute approximate surface area is 218 Å². The Kier molecular flexibility index (Phi) is 2.02. The first-order valence-electron chi connectivity index (χ1n) is 17.9. The van der Waals surface area contributed by atoms with Crippen LogP contribution in [0.5, 0.6) is 0 Å². The number of hydrogen-bond acceptors (Lipinski definition) is 1. The highest BCUT2D eigenvalue weighted by atomic mass is 15.1. The highest BCUT2D eigenvalue weighted by Crippen LogP contribution is 2.42. The maximum Gasteiger partial charge on any atom is 0.111 e. The summed E-state index contributed by atoms with van der Waals surface area (Å²) >= 11 is 0. The lowest BCUT2D eigenvalue weighted by Crippen LogP contribution is -2.01. The number of benzene rings is 6. The average molecular weight is 450 g/mol. The molecule has 0 N–H and O–H groups in total. The Morgan fingerprint density at radius 2 is 1.29 bits per heavy atom. The second kappa shape index (κ2) is 7.29. The van der Waals surface area contributed by atoms with Crippen LogP contribution in [0.2, 0.25) is 0 Å². The quantitative estimate of drug-likeness (QED) is 0.242. The molecule has 0 amide bonds. The van der Waals surface area contributed by atoms with E-state index >= 15 is 0 Å². The van der Waals surface area contributed by atoms with E-state index in [1.165, 1.54) is 0 Å². The third kappa shape index (κ3) is 2.72. The van der Waals surface area contributed by atoms with Gasteiger partial charge in [0.1, 0.15) is 5.82 Å². The lowest BCUT2D eigenvalue weighted by Gasteiger charge is -2.19. The molecule has 0 aliphatic rings. The lowest BCUT2D eigenvalue weighted by atomic mass is 9.89. The van der Waals surface area contributed by atoms with Crippen molar-refractivity contribution in [2.75, 3.05) is 0 Å². The van der Waals surface area contributed by atoms with Crippen LogP contribution in [0, 0.1) is 6.92 Å². The number of para-hydroxylation sites is 2. The van der Waals surface area contributed by atoms with Gasteiger partial charge in [-0.15, -0.1) is 0 Å². The normalized spacial score (nSPS) is 17.9. The van der Waals surface area contributed by atoms with Gasteiger partial charge in [-0.3, -0.25) is 4.57 Å². The van der Waals surface area contributed by atoms with Crippen LogP contribution in [0.1, 0.15) is 26.4 Å². The number of nitrogens with zero attached hydrogens (tertiary/aromatic N) is 2. The number of rotatable bonds is 2. The summed E-state index contributed by atoms with van der Waals surface area (Å²) in [5, 5.41) is -1.85. The van der Waals surface area contributed by atoms with Crippen LogP contribution >= 0.6 is 0 Å². The van der Waals surface area contributed by atoms with E-state index < -0.39 is 107 Å². The van der Waals surface area contributed by atoms with E-state index in [1.807, 2.05) is 0 Å². The molecule has 0 atom stereocenters. The molecule has 0 radical (unpaired) electrons. The first kappa shape index (κ1) is 9.44. The van der Waals surface area contributed by atoms with Crippen molar-refractivity contribution >= 4 is 43.4 Å². The van der Waals surface area contributed by atoms with Crippen molar-refractivity contribution in [3.05, 3.63) is 121 Å². The first-order chi connectivity index (χ1) is 23.0. The molecule has 0 spiro atoms. The fourth-order valence-electron chi connectivity index (χ4n) is 4.41. The second-order valence-corrected chi connectivity index (χ2v) is 7.71. The van der Waals surface area contributed by atoms with E-state index in [0.29, 0.717) is 16.9 Å². The standard InChI is InChI=1S/C32H22N2/c1-21-33-29-16-8-9-17-30(29)34(21)32-27-14-6-4-12-25(27)31(26-13-5-7-15-28(26)32)24-19-18-22-10-2-3-11-23(22)20-24/h2-20H,1H3/i2D,3D,4D,5D,6D,7D,10D,11D,12D,13D,14D,15D,18D,19D,20D. The summed E-state index contributed by atoms with van der Waals surface area (Å²) in [7, 11) is 0. The SMILES string of the molecule is [2H]c1c([2H])c([2H])c2c([2H])c(-c3c4c([2H])c([2H])c([2H])c([2H])c4c(-n4c(C)nc5ccccc54)c4c([2H])c([2H])c([2H])c([2H])c34)c([2H])c([2H])c2c1[2H]. The van der Waals surface area contributed by atoms with Gasteiger partial charge in [0, 0.05) is 10.8 Å². The number of imidazole rings is 1. The van der Waals surface area contributed by atoms with Gasteiger partial charge in [0.25, 0.3) is 0 Å². The molecule has 1 heterocycles. The highest BCUT2D eigenvalue weighted by molar-refractivity contribution is 6.19. The van der Waals surface area contributed by atoms with E-state index in [1.54, 1.807) is 35.8 Å². The summed E-state index contributed by atoms with van der Waals surface area (Å²) in [6.07, 6.45) is 0. The second-order valence-electron chi connectivity index (χ2n) is 7.71. The van der Waals surface area contributed by atoms with E-state index in [0.717, 1.165) is 0 Å². The van der Waals surface area contributed by atoms with Crippen LogP contribution in [-0.2, 0) is 0 Å². The molecule has 7 rings (SSSR count). The third-order valence-electron chi connectivity index (χ3n) is 5.80. The molecule has 0 bridgehead atoms. The minimum Gasteiger partial charge on any atom is -0.295 e.